The fourth-order valence-corrected chi connectivity index (χ4v) is 1.14. The van der Waals surface area contributed by atoms with Gasteiger partial charge >= 0.3 is 5.97 Å². The van der Waals surface area contributed by atoms with Crippen molar-refractivity contribution in [3.05, 3.63) is 18.0 Å². The van der Waals surface area contributed by atoms with Crippen LogP contribution in [0.4, 0.5) is 0 Å². The maximum atomic E-state index is 10.6. The summed E-state index contributed by atoms with van der Waals surface area (Å²) >= 11 is 0. The van der Waals surface area contributed by atoms with Crippen molar-refractivity contribution >= 4 is 5.97 Å². The summed E-state index contributed by atoms with van der Waals surface area (Å²) in [6, 6.07) is 0. The predicted octanol–water partition coefficient (Wildman–Crippen LogP) is 1.73. The summed E-state index contributed by atoms with van der Waals surface area (Å²) in [5.41, 5.74) is 1.14. The van der Waals surface area contributed by atoms with Gasteiger partial charge in [0.15, 0.2) is 0 Å². The summed E-state index contributed by atoms with van der Waals surface area (Å²) in [4.78, 5) is 10.6. The van der Waals surface area contributed by atoms with E-state index in [2.05, 4.69) is 18.9 Å². The maximum Gasteiger partial charge on any atom is 0.308 e. The van der Waals surface area contributed by atoms with E-state index in [-0.39, 0.29) is 0 Å². The van der Waals surface area contributed by atoms with Gasteiger partial charge in [0.1, 0.15) is 0 Å². The first-order valence-electron chi connectivity index (χ1n) is 4.76. The molecule has 1 aromatic heterocycles. The molecule has 0 bridgehead atoms. The van der Waals surface area contributed by atoms with E-state index in [4.69, 9.17) is 5.11 Å². The number of hydrogen-bond acceptors (Lipinski definition) is 2. The van der Waals surface area contributed by atoms with Gasteiger partial charge in [0.2, 0.25) is 0 Å². The molecule has 14 heavy (non-hydrogen) atoms. The molecule has 4 heteroatoms. The monoisotopic (exact) mass is 196 g/mol. The molecule has 1 rings (SSSR count). The summed E-state index contributed by atoms with van der Waals surface area (Å²) in [5.74, 6) is -0.745. The Morgan fingerprint density at radius 1 is 1.57 bits per heavy atom. The Morgan fingerprint density at radius 3 is 2.64 bits per heavy atom. The van der Waals surface area contributed by atoms with Gasteiger partial charge in [0, 0.05) is 6.20 Å². The van der Waals surface area contributed by atoms with Gasteiger partial charge in [-0.2, -0.15) is 5.10 Å². The lowest BCUT2D eigenvalue weighted by Crippen LogP contribution is -2.16. The van der Waals surface area contributed by atoms with E-state index in [0.29, 0.717) is 12.5 Å². The average Bonchev–Trinajstić information content (AvgIpc) is 2.52. The predicted molar refractivity (Wildman–Crippen MR) is 53.1 cm³/mol. The third-order valence-electron chi connectivity index (χ3n) is 2.20. The summed E-state index contributed by atoms with van der Waals surface area (Å²) in [5, 5.41) is 12.8. The number of carbonyl (C=O) groups is 1. The van der Waals surface area contributed by atoms with E-state index >= 15 is 0 Å². The van der Waals surface area contributed by atoms with Gasteiger partial charge in [0.05, 0.1) is 18.7 Å². The highest BCUT2D eigenvalue weighted by Crippen LogP contribution is 2.13. The summed E-state index contributed by atoms with van der Waals surface area (Å²) in [7, 11) is 0. The number of carboxylic acids is 1. The quantitative estimate of drug-likeness (QED) is 0.797. The minimum atomic E-state index is -0.786. The molecule has 0 aliphatic carbocycles. The van der Waals surface area contributed by atoms with Gasteiger partial charge in [0.25, 0.3) is 0 Å². The summed E-state index contributed by atoms with van der Waals surface area (Å²) in [6.07, 6.45) is 3.70. The second-order valence-corrected chi connectivity index (χ2v) is 3.89. The zero-order chi connectivity index (χ0) is 10.7. The lowest BCUT2D eigenvalue weighted by molar-refractivity contribution is -0.141. The lowest BCUT2D eigenvalue weighted by atomic mass is 10.1. The molecule has 1 atom stereocenters. The smallest absolute Gasteiger partial charge is 0.308 e. The Kier molecular flexibility index (Phi) is 3.28. The van der Waals surface area contributed by atoms with E-state index in [1.54, 1.807) is 17.8 Å². The molecule has 0 aliphatic rings. The zero-order valence-electron chi connectivity index (χ0n) is 8.77. The van der Waals surface area contributed by atoms with Crippen LogP contribution >= 0.6 is 0 Å². The van der Waals surface area contributed by atoms with Crippen molar-refractivity contribution in [3.63, 3.8) is 0 Å². The first-order chi connectivity index (χ1) is 6.50. The molecule has 1 aromatic rings. The first kappa shape index (κ1) is 10.8. The van der Waals surface area contributed by atoms with Crippen molar-refractivity contribution in [1.29, 1.82) is 0 Å². The van der Waals surface area contributed by atoms with Crippen LogP contribution in [0.5, 0.6) is 0 Å². The van der Waals surface area contributed by atoms with E-state index in [0.717, 1.165) is 5.56 Å². The highest BCUT2D eigenvalue weighted by molar-refractivity contribution is 5.69. The molecular formula is C10H16N2O2. The van der Waals surface area contributed by atoms with Crippen LogP contribution in [-0.4, -0.2) is 20.9 Å². The molecule has 4 nitrogen and oxygen atoms in total. The SMILES string of the molecule is CC(Cn1cc(C(C)C)cn1)C(=O)O. The topological polar surface area (TPSA) is 55.1 Å². The van der Waals surface area contributed by atoms with Gasteiger partial charge in [-0.1, -0.05) is 20.8 Å². The second-order valence-electron chi connectivity index (χ2n) is 3.89. The van der Waals surface area contributed by atoms with Gasteiger partial charge < -0.3 is 5.11 Å². The normalized spacial score (nSPS) is 13.1. The molecule has 0 spiro atoms. The van der Waals surface area contributed by atoms with Gasteiger partial charge in [-0.05, 0) is 11.5 Å². The van der Waals surface area contributed by atoms with Gasteiger partial charge in [-0.3, -0.25) is 9.48 Å². The zero-order valence-corrected chi connectivity index (χ0v) is 8.77. The summed E-state index contributed by atoms with van der Waals surface area (Å²) in [6.45, 7) is 6.28. The Balaban J connectivity index is 2.64. The molecule has 0 amide bonds. The Labute approximate surface area is 83.5 Å². The van der Waals surface area contributed by atoms with E-state index in [1.807, 2.05) is 6.20 Å². The number of carboxylic acid groups (broad SMARTS) is 1. The minimum Gasteiger partial charge on any atom is -0.481 e. The molecule has 0 saturated heterocycles. The first-order valence-corrected chi connectivity index (χ1v) is 4.76. The number of aliphatic carboxylic acids is 1. The van der Waals surface area contributed by atoms with Crippen molar-refractivity contribution in [1.82, 2.24) is 9.78 Å². The third-order valence-corrected chi connectivity index (χ3v) is 2.20. The Morgan fingerprint density at radius 2 is 2.21 bits per heavy atom. The van der Waals surface area contributed by atoms with Crippen LogP contribution in [-0.2, 0) is 11.3 Å². The van der Waals surface area contributed by atoms with Crippen molar-refractivity contribution in [2.45, 2.75) is 33.2 Å². The van der Waals surface area contributed by atoms with Crippen molar-refractivity contribution in [3.8, 4) is 0 Å². The van der Waals surface area contributed by atoms with E-state index in [1.165, 1.54) is 0 Å². The summed E-state index contributed by atoms with van der Waals surface area (Å²) < 4.78 is 1.69. The van der Waals surface area contributed by atoms with Crippen LogP contribution in [0.1, 0.15) is 32.3 Å². The van der Waals surface area contributed by atoms with E-state index < -0.39 is 11.9 Å². The fourth-order valence-electron chi connectivity index (χ4n) is 1.14. The number of hydrogen-bond donors (Lipinski definition) is 1. The third kappa shape index (κ3) is 2.58. The van der Waals surface area contributed by atoms with Crippen molar-refractivity contribution < 1.29 is 9.90 Å². The van der Waals surface area contributed by atoms with Crippen LogP contribution < -0.4 is 0 Å². The molecule has 0 aliphatic heterocycles. The molecule has 0 saturated carbocycles. The molecule has 0 aromatic carbocycles. The molecule has 0 fully saturated rings. The number of nitrogens with zero attached hydrogens (tertiary/aromatic N) is 2. The van der Waals surface area contributed by atoms with Crippen LogP contribution in [0.15, 0.2) is 12.4 Å². The minimum absolute atomic E-state index is 0.394. The standard InChI is InChI=1S/C10H16N2O2/c1-7(2)9-4-11-12(6-9)5-8(3)10(13)14/h4,6-8H,5H2,1-3H3,(H,13,14). The van der Waals surface area contributed by atoms with Gasteiger partial charge in [-0.25, -0.2) is 0 Å². The average molecular weight is 196 g/mol. The highest BCUT2D eigenvalue weighted by Gasteiger charge is 2.12. The number of aromatic nitrogens is 2. The number of rotatable bonds is 4. The highest BCUT2D eigenvalue weighted by atomic mass is 16.4. The molecular weight excluding hydrogens is 180 g/mol. The Bertz CT molecular complexity index is 318. The molecule has 1 unspecified atom stereocenters. The lowest BCUT2D eigenvalue weighted by Gasteiger charge is -2.05. The Hall–Kier alpha value is -1.32. The molecule has 1 N–H and O–H groups in total. The van der Waals surface area contributed by atoms with Crippen molar-refractivity contribution in [2.24, 2.45) is 5.92 Å². The largest absolute Gasteiger partial charge is 0.481 e. The van der Waals surface area contributed by atoms with Crippen molar-refractivity contribution in [2.75, 3.05) is 0 Å². The van der Waals surface area contributed by atoms with Gasteiger partial charge in [-0.15, -0.1) is 0 Å². The molecule has 0 radical (unpaired) electrons. The van der Waals surface area contributed by atoms with Crippen LogP contribution in [0.2, 0.25) is 0 Å². The van der Waals surface area contributed by atoms with Crippen LogP contribution in [0, 0.1) is 5.92 Å². The van der Waals surface area contributed by atoms with Crippen LogP contribution in [0.3, 0.4) is 0 Å². The maximum absolute atomic E-state index is 10.6. The second kappa shape index (κ2) is 4.26. The van der Waals surface area contributed by atoms with Crippen LogP contribution in [0.25, 0.3) is 0 Å². The van der Waals surface area contributed by atoms with E-state index in [9.17, 15) is 4.79 Å². The fraction of sp³-hybridized carbons (Fsp3) is 0.600. The molecule has 1 heterocycles. The molecule has 78 valence electrons.